The Morgan fingerprint density at radius 1 is 1.62 bits per heavy atom. The molecule has 2 atom stereocenters. The molecule has 5 nitrogen and oxygen atoms in total. The van der Waals surface area contributed by atoms with Gasteiger partial charge in [0.2, 0.25) is 5.00 Å². The number of carboxylic acid groups (broad SMARTS) is 1. The first kappa shape index (κ1) is 12.5. The number of hydrogen-bond donors (Lipinski definition) is 2. The lowest BCUT2D eigenvalue weighted by molar-refractivity contribution is -0.148. The van der Waals surface area contributed by atoms with Gasteiger partial charge in [-0.1, -0.05) is 11.6 Å². The van der Waals surface area contributed by atoms with Gasteiger partial charge >= 0.3 is 5.97 Å². The SMILES string of the molecule is C[C@H](N)C(=O)N(Cl)[C@](C)(Cl)C(=O)O. The van der Waals surface area contributed by atoms with Crippen molar-refractivity contribution in [3.63, 3.8) is 0 Å². The molecule has 13 heavy (non-hydrogen) atoms. The molecule has 1 amide bonds. The Labute approximate surface area is 85.5 Å². The molecule has 0 aromatic carbocycles. The minimum atomic E-state index is -1.98. The summed E-state index contributed by atoms with van der Waals surface area (Å²) in [5.74, 6) is -2.17. The number of carbonyl (C=O) groups excluding carboxylic acids is 1. The maximum atomic E-state index is 11.1. The van der Waals surface area contributed by atoms with E-state index in [1.807, 2.05) is 0 Å². The molecule has 0 fully saturated rings. The largest absolute Gasteiger partial charge is 0.479 e. The minimum absolute atomic E-state index is 0.377. The number of hydrogen-bond acceptors (Lipinski definition) is 3. The first-order valence-corrected chi connectivity index (χ1v) is 4.10. The third-order valence-electron chi connectivity index (χ3n) is 1.34. The second-order valence-corrected chi connectivity index (χ2v) is 3.74. The van der Waals surface area contributed by atoms with Gasteiger partial charge in [-0.05, 0) is 13.8 Å². The van der Waals surface area contributed by atoms with E-state index in [0.29, 0.717) is 4.42 Å². The summed E-state index contributed by atoms with van der Waals surface area (Å²) in [6, 6.07) is -0.894. The Morgan fingerprint density at radius 3 is 2.23 bits per heavy atom. The zero-order valence-electron chi connectivity index (χ0n) is 7.12. The number of rotatable bonds is 3. The molecule has 0 aromatic heterocycles. The molecule has 0 radical (unpaired) electrons. The van der Waals surface area contributed by atoms with Crippen LogP contribution in [0.1, 0.15) is 13.8 Å². The molecule has 0 spiro atoms. The number of carboxylic acids is 1. The quantitative estimate of drug-likeness (QED) is 0.415. The molecule has 0 saturated carbocycles. The maximum Gasteiger partial charge on any atom is 0.346 e. The van der Waals surface area contributed by atoms with Crippen LogP contribution in [0.5, 0.6) is 0 Å². The van der Waals surface area contributed by atoms with Gasteiger partial charge in [-0.3, -0.25) is 4.79 Å². The van der Waals surface area contributed by atoms with Gasteiger partial charge in [0.1, 0.15) is 0 Å². The second-order valence-electron chi connectivity index (χ2n) is 2.67. The monoisotopic (exact) mass is 228 g/mol. The summed E-state index contributed by atoms with van der Waals surface area (Å²) < 4.78 is 0.377. The first-order valence-electron chi connectivity index (χ1n) is 3.39. The van der Waals surface area contributed by atoms with Crippen LogP contribution in [-0.4, -0.2) is 32.4 Å². The van der Waals surface area contributed by atoms with E-state index in [-0.39, 0.29) is 0 Å². The first-order chi connectivity index (χ1) is 5.71. The van der Waals surface area contributed by atoms with Gasteiger partial charge in [-0.2, -0.15) is 0 Å². The lowest BCUT2D eigenvalue weighted by Crippen LogP contribution is -2.50. The van der Waals surface area contributed by atoms with Crippen LogP contribution in [0.2, 0.25) is 0 Å². The fourth-order valence-electron chi connectivity index (χ4n) is 0.470. The summed E-state index contributed by atoms with van der Waals surface area (Å²) in [7, 11) is 0. The molecule has 3 N–H and O–H groups in total. The van der Waals surface area contributed by atoms with Crippen LogP contribution >= 0.6 is 23.4 Å². The van der Waals surface area contributed by atoms with Crippen LogP contribution in [0.4, 0.5) is 0 Å². The van der Waals surface area contributed by atoms with Crippen molar-refractivity contribution < 1.29 is 14.7 Å². The van der Waals surface area contributed by atoms with Crippen molar-refractivity contribution in [2.45, 2.75) is 24.9 Å². The van der Waals surface area contributed by atoms with E-state index in [1.165, 1.54) is 6.92 Å². The van der Waals surface area contributed by atoms with E-state index >= 15 is 0 Å². The van der Waals surface area contributed by atoms with Crippen molar-refractivity contribution >= 4 is 35.3 Å². The summed E-state index contributed by atoms with van der Waals surface area (Å²) >= 11 is 10.9. The van der Waals surface area contributed by atoms with E-state index in [4.69, 9.17) is 34.2 Å². The zero-order chi connectivity index (χ0) is 10.8. The van der Waals surface area contributed by atoms with E-state index in [0.717, 1.165) is 6.92 Å². The molecule has 0 unspecified atom stereocenters. The second kappa shape index (κ2) is 4.13. The molecule has 0 aliphatic rings. The molecular formula is C6H10Cl2N2O3. The van der Waals surface area contributed by atoms with E-state index in [9.17, 15) is 9.59 Å². The summed E-state index contributed by atoms with van der Waals surface area (Å²) in [4.78, 5) is 19.7. The lowest BCUT2D eigenvalue weighted by Gasteiger charge is -2.27. The Balaban J connectivity index is 4.68. The Morgan fingerprint density at radius 2 is 2.00 bits per heavy atom. The topological polar surface area (TPSA) is 83.6 Å². The number of nitrogens with zero attached hydrogens (tertiary/aromatic N) is 1. The van der Waals surface area contributed by atoms with Crippen molar-refractivity contribution in [1.82, 2.24) is 4.42 Å². The van der Waals surface area contributed by atoms with E-state index < -0.39 is 22.9 Å². The van der Waals surface area contributed by atoms with Crippen LogP contribution < -0.4 is 5.73 Å². The Bertz CT molecular complexity index is 230. The standard InChI is InChI=1S/C6H10Cl2N2O3/c1-3(9)4(11)10(8)6(2,7)5(12)13/h3H,9H2,1-2H3,(H,12,13)/t3-,6-/m0/s1. The van der Waals surface area contributed by atoms with Crippen molar-refractivity contribution in [3.8, 4) is 0 Å². The van der Waals surface area contributed by atoms with Crippen molar-refractivity contribution in [2.75, 3.05) is 0 Å². The third-order valence-corrected chi connectivity index (χ3v) is 2.26. The zero-order valence-corrected chi connectivity index (χ0v) is 8.63. The number of aliphatic carboxylic acids is 1. The summed E-state index contributed by atoms with van der Waals surface area (Å²) in [6.07, 6.45) is 0. The Kier molecular flexibility index (Phi) is 3.96. The number of amides is 1. The average molecular weight is 229 g/mol. The van der Waals surface area contributed by atoms with Crippen molar-refractivity contribution in [2.24, 2.45) is 5.73 Å². The fourth-order valence-corrected chi connectivity index (χ4v) is 0.779. The van der Waals surface area contributed by atoms with Gasteiger partial charge in [0.25, 0.3) is 5.91 Å². The highest BCUT2D eigenvalue weighted by Gasteiger charge is 2.41. The summed E-state index contributed by atoms with van der Waals surface area (Å²) in [5.41, 5.74) is 5.21. The van der Waals surface area contributed by atoms with Crippen LogP contribution in [-0.2, 0) is 9.59 Å². The lowest BCUT2D eigenvalue weighted by atomic mass is 10.2. The predicted molar refractivity (Wildman–Crippen MR) is 48.2 cm³/mol. The van der Waals surface area contributed by atoms with Crippen LogP contribution in [0.25, 0.3) is 0 Å². The van der Waals surface area contributed by atoms with Crippen LogP contribution in [0.15, 0.2) is 0 Å². The number of nitrogens with two attached hydrogens (primary N) is 1. The molecule has 0 heterocycles. The molecule has 0 saturated heterocycles. The minimum Gasteiger partial charge on any atom is -0.479 e. The van der Waals surface area contributed by atoms with Gasteiger partial charge in [0.15, 0.2) is 0 Å². The highest BCUT2D eigenvalue weighted by Crippen LogP contribution is 2.23. The summed E-state index contributed by atoms with van der Waals surface area (Å²) in [5, 5.41) is 8.59. The van der Waals surface area contributed by atoms with Gasteiger partial charge in [-0.25, -0.2) is 9.21 Å². The molecule has 0 aliphatic heterocycles. The normalized spacial score (nSPS) is 17.3. The van der Waals surface area contributed by atoms with Crippen molar-refractivity contribution in [3.05, 3.63) is 0 Å². The number of halogens is 2. The average Bonchev–Trinajstić information content (AvgIpc) is 2.01. The predicted octanol–water partition coefficient (Wildman–Crippen LogP) is 0.356. The Hall–Kier alpha value is -0.520. The number of alkyl halides is 1. The smallest absolute Gasteiger partial charge is 0.346 e. The molecule has 0 rings (SSSR count). The molecule has 7 heteroatoms. The highest BCUT2D eigenvalue weighted by molar-refractivity contribution is 6.39. The fraction of sp³-hybridized carbons (Fsp3) is 0.667. The van der Waals surface area contributed by atoms with Gasteiger partial charge in [-0.15, -0.1) is 0 Å². The third kappa shape index (κ3) is 2.72. The molecule has 76 valence electrons. The molecular weight excluding hydrogens is 219 g/mol. The van der Waals surface area contributed by atoms with E-state index in [2.05, 4.69) is 0 Å². The maximum absolute atomic E-state index is 11.1. The van der Waals surface area contributed by atoms with Crippen molar-refractivity contribution in [1.29, 1.82) is 0 Å². The summed E-state index contributed by atoms with van der Waals surface area (Å²) in [6.45, 7) is 2.47. The van der Waals surface area contributed by atoms with Crippen LogP contribution in [0.3, 0.4) is 0 Å². The molecule has 0 aliphatic carbocycles. The van der Waals surface area contributed by atoms with Gasteiger partial charge in [0.05, 0.1) is 6.04 Å². The number of carbonyl (C=O) groups is 2. The van der Waals surface area contributed by atoms with Gasteiger partial charge in [0, 0.05) is 11.8 Å². The molecule has 0 aromatic rings. The highest BCUT2D eigenvalue weighted by atomic mass is 35.5. The van der Waals surface area contributed by atoms with Gasteiger partial charge < -0.3 is 10.8 Å². The van der Waals surface area contributed by atoms with E-state index in [1.54, 1.807) is 0 Å². The van der Waals surface area contributed by atoms with Crippen LogP contribution in [0, 0.1) is 0 Å². The molecule has 0 bridgehead atoms.